The van der Waals surface area contributed by atoms with E-state index in [9.17, 15) is 0 Å². The number of aromatic nitrogens is 2. The minimum atomic E-state index is 1.08. The zero-order valence-corrected chi connectivity index (χ0v) is 9.63. The number of nitrogens with zero attached hydrogens (tertiary/aromatic N) is 2. The van der Waals surface area contributed by atoms with Crippen LogP contribution in [-0.4, -0.2) is 9.55 Å². The van der Waals surface area contributed by atoms with Gasteiger partial charge < -0.3 is 4.57 Å². The highest BCUT2D eigenvalue weighted by Gasteiger charge is 2.04. The fraction of sp³-hybridized carbons (Fsp3) is 0.417. The van der Waals surface area contributed by atoms with Crippen molar-refractivity contribution in [3.63, 3.8) is 0 Å². The van der Waals surface area contributed by atoms with E-state index in [0.29, 0.717) is 0 Å². The third-order valence-corrected chi connectivity index (χ3v) is 2.26. The van der Waals surface area contributed by atoms with Crippen LogP contribution in [0.5, 0.6) is 0 Å². The molecule has 0 amide bonds. The zero-order valence-electron chi connectivity index (χ0n) is 9.63. The lowest BCUT2D eigenvalue weighted by Crippen LogP contribution is -1.87. The molecule has 0 aliphatic rings. The molecule has 0 aliphatic carbocycles. The van der Waals surface area contributed by atoms with E-state index in [0.717, 1.165) is 5.65 Å². The molecule has 0 saturated carbocycles. The van der Waals surface area contributed by atoms with E-state index >= 15 is 0 Å². The van der Waals surface area contributed by atoms with Gasteiger partial charge in [-0.2, -0.15) is 0 Å². The Kier molecular flexibility index (Phi) is 3.28. The number of hydrogen-bond acceptors (Lipinski definition) is 1. The first-order valence-corrected chi connectivity index (χ1v) is 5.07. The van der Waals surface area contributed by atoms with E-state index in [1.165, 1.54) is 16.5 Å². The molecule has 0 spiro atoms. The van der Waals surface area contributed by atoms with E-state index in [1.54, 1.807) is 0 Å². The van der Waals surface area contributed by atoms with Crippen LogP contribution in [0.25, 0.3) is 11.0 Å². The molecule has 0 aliphatic heterocycles. The largest absolute Gasteiger partial charge is 0.335 e. The minimum absolute atomic E-state index is 1.08. The molecular formula is C12H18N2. The van der Waals surface area contributed by atoms with E-state index < -0.39 is 0 Å². The molecule has 0 radical (unpaired) electrons. The first kappa shape index (κ1) is 10.8. The SMILES string of the molecule is CC.Cc1ccnc2c1c(C)cn2C. The number of pyridine rings is 1. The first-order chi connectivity index (χ1) is 6.70. The van der Waals surface area contributed by atoms with Crippen LogP contribution >= 0.6 is 0 Å². The molecule has 76 valence electrons. The van der Waals surface area contributed by atoms with Crippen molar-refractivity contribution >= 4 is 11.0 Å². The van der Waals surface area contributed by atoms with Crippen molar-refractivity contribution in [2.45, 2.75) is 27.7 Å². The molecule has 0 aromatic carbocycles. The van der Waals surface area contributed by atoms with Gasteiger partial charge in [0.15, 0.2) is 0 Å². The molecule has 0 bridgehead atoms. The van der Waals surface area contributed by atoms with Crippen LogP contribution in [0.15, 0.2) is 18.5 Å². The molecule has 0 unspecified atom stereocenters. The Morgan fingerprint density at radius 3 is 2.36 bits per heavy atom. The molecule has 2 heterocycles. The molecule has 2 aromatic rings. The van der Waals surface area contributed by atoms with Crippen molar-refractivity contribution in [1.29, 1.82) is 0 Å². The van der Waals surface area contributed by atoms with Crippen LogP contribution in [0.1, 0.15) is 25.0 Å². The Morgan fingerprint density at radius 1 is 1.14 bits per heavy atom. The Bertz CT molecular complexity index is 427. The smallest absolute Gasteiger partial charge is 0.140 e. The van der Waals surface area contributed by atoms with E-state index in [1.807, 2.05) is 27.1 Å². The highest BCUT2D eigenvalue weighted by Crippen LogP contribution is 2.20. The third kappa shape index (κ3) is 1.65. The summed E-state index contributed by atoms with van der Waals surface area (Å²) in [5.74, 6) is 0. The van der Waals surface area contributed by atoms with Crippen molar-refractivity contribution in [3.8, 4) is 0 Å². The number of aryl methyl sites for hydroxylation is 3. The van der Waals surface area contributed by atoms with Crippen LogP contribution in [0.4, 0.5) is 0 Å². The summed E-state index contributed by atoms with van der Waals surface area (Å²) in [6, 6.07) is 2.05. The monoisotopic (exact) mass is 190 g/mol. The predicted octanol–water partition coefficient (Wildman–Crippen LogP) is 3.22. The Hall–Kier alpha value is -1.31. The van der Waals surface area contributed by atoms with Crippen LogP contribution in [0, 0.1) is 13.8 Å². The number of hydrogen-bond donors (Lipinski definition) is 0. The Morgan fingerprint density at radius 2 is 1.79 bits per heavy atom. The van der Waals surface area contributed by atoms with Gasteiger partial charge in [0.1, 0.15) is 5.65 Å². The zero-order chi connectivity index (χ0) is 10.7. The summed E-state index contributed by atoms with van der Waals surface area (Å²) in [6.07, 6.45) is 3.97. The lowest BCUT2D eigenvalue weighted by Gasteiger charge is -1.96. The van der Waals surface area contributed by atoms with Crippen molar-refractivity contribution in [1.82, 2.24) is 9.55 Å². The second-order valence-electron chi connectivity index (χ2n) is 3.25. The number of fused-ring (bicyclic) bond motifs is 1. The summed E-state index contributed by atoms with van der Waals surface area (Å²) in [6.45, 7) is 8.24. The second-order valence-corrected chi connectivity index (χ2v) is 3.25. The average Bonchev–Trinajstić information content (AvgIpc) is 2.47. The molecule has 0 atom stereocenters. The predicted molar refractivity (Wildman–Crippen MR) is 61.5 cm³/mol. The lowest BCUT2D eigenvalue weighted by atomic mass is 10.1. The van der Waals surface area contributed by atoms with Crippen molar-refractivity contribution in [3.05, 3.63) is 29.6 Å². The normalized spacial score (nSPS) is 9.79. The van der Waals surface area contributed by atoms with Gasteiger partial charge in [0.25, 0.3) is 0 Å². The maximum absolute atomic E-state index is 4.33. The van der Waals surface area contributed by atoms with E-state index in [2.05, 4.69) is 35.7 Å². The van der Waals surface area contributed by atoms with Crippen molar-refractivity contribution in [2.24, 2.45) is 7.05 Å². The molecule has 2 heteroatoms. The standard InChI is InChI=1S/C10H12N2.C2H6/c1-7-4-5-11-10-9(7)8(2)6-12(10)3;1-2/h4-6H,1-3H3;1-2H3. The van der Waals surface area contributed by atoms with Gasteiger partial charge in [0.05, 0.1) is 0 Å². The van der Waals surface area contributed by atoms with Gasteiger partial charge in [-0.25, -0.2) is 4.98 Å². The second kappa shape index (κ2) is 4.27. The molecule has 0 fully saturated rings. The van der Waals surface area contributed by atoms with Gasteiger partial charge in [0, 0.05) is 24.8 Å². The highest BCUT2D eigenvalue weighted by atomic mass is 15.0. The van der Waals surface area contributed by atoms with Gasteiger partial charge in [-0.3, -0.25) is 0 Å². The molecule has 14 heavy (non-hydrogen) atoms. The van der Waals surface area contributed by atoms with Crippen LogP contribution in [-0.2, 0) is 7.05 Å². The van der Waals surface area contributed by atoms with Crippen LogP contribution in [0.3, 0.4) is 0 Å². The van der Waals surface area contributed by atoms with Gasteiger partial charge in [-0.05, 0) is 31.0 Å². The maximum atomic E-state index is 4.33. The fourth-order valence-electron chi connectivity index (χ4n) is 1.71. The van der Waals surface area contributed by atoms with Crippen molar-refractivity contribution < 1.29 is 0 Å². The molecule has 0 N–H and O–H groups in total. The summed E-state index contributed by atoms with van der Waals surface area (Å²) in [4.78, 5) is 4.33. The lowest BCUT2D eigenvalue weighted by molar-refractivity contribution is 0.944. The van der Waals surface area contributed by atoms with Crippen LogP contribution in [0.2, 0.25) is 0 Å². The Balaban J connectivity index is 0.000000461. The first-order valence-electron chi connectivity index (χ1n) is 5.07. The van der Waals surface area contributed by atoms with Gasteiger partial charge in [-0.1, -0.05) is 13.8 Å². The van der Waals surface area contributed by atoms with Crippen LogP contribution < -0.4 is 0 Å². The average molecular weight is 190 g/mol. The summed E-state index contributed by atoms with van der Waals surface area (Å²) in [7, 11) is 2.03. The van der Waals surface area contributed by atoms with Gasteiger partial charge >= 0.3 is 0 Å². The van der Waals surface area contributed by atoms with Gasteiger partial charge in [-0.15, -0.1) is 0 Å². The van der Waals surface area contributed by atoms with E-state index in [-0.39, 0.29) is 0 Å². The molecule has 2 aromatic heterocycles. The number of rotatable bonds is 0. The summed E-state index contributed by atoms with van der Waals surface area (Å²) >= 11 is 0. The minimum Gasteiger partial charge on any atom is -0.335 e. The molecule has 2 nitrogen and oxygen atoms in total. The summed E-state index contributed by atoms with van der Waals surface area (Å²) in [5, 5.41) is 1.29. The topological polar surface area (TPSA) is 17.8 Å². The van der Waals surface area contributed by atoms with Gasteiger partial charge in [0.2, 0.25) is 0 Å². The van der Waals surface area contributed by atoms with E-state index in [4.69, 9.17) is 0 Å². The molecular weight excluding hydrogens is 172 g/mol. The molecule has 2 rings (SSSR count). The van der Waals surface area contributed by atoms with Crippen molar-refractivity contribution in [2.75, 3.05) is 0 Å². The Labute approximate surface area is 85.6 Å². The maximum Gasteiger partial charge on any atom is 0.140 e. The molecule has 0 saturated heterocycles. The summed E-state index contributed by atoms with van der Waals surface area (Å²) < 4.78 is 2.07. The summed E-state index contributed by atoms with van der Waals surface area (Å²) in [5.41, 5.74) is 3.68. The third-order valence-electron chi connectivity index (χ3n) is 2.26. The quantitative estimate of drug-likeness (QED) is 0.623. The highest BCUT2D eigenvalue weighted by molar-refractivity contribution is 5.83. The fourth-order valence-corrected chi connectivity index (χ4v) is 1.71.